The summed E-state index contributed by atoms with van der Waals surface area (Å²) >= 11 is 0. The van der Waals surface area contributed by atoms with E-state index in [0.717, 1.165) is 0 Å². The molecule has 0 saturated heterocycles. The van der Waals surface area contributed by atoms with Gasteiger partial charge in [-0.2, -0.15) is 8.78 Å². The second-order valence-corrected chi connectivity index (χ2v) is 2.93. The lowest BCUT2D eigenvalue weighted by atomic mass is 10.1. The molecule has 1 heterocycles. The van der Waals surface area contributed by atoms with Crippen LogP contribution in [0.25, 0.3) is 0 Å². The first-order chi connectivity index (χ1) is 7.11. The van der Waals surface area contributed by atoms with Crippen LogP contribution in [0.2, 0.25) is 0 Å². The average Bonchev–Trinajstić information content (AvgIpc) is 2.73. The van der Waals surface area contributed by atoms with Crippen LogP contribution in [0, 0.1) is 0 Å². The molecule has 78 valence electrons. The van der Waals surface area contributed by atoms with Crippen LogP contribution in [0.3, 0.4) is 0 Å². The molecule has 0 saturated carbocycles. The van der Waals surface area contributed by atoms with Crippen molar-refractivity contribution in [3.05, 3.63) is 59.0 Å². The van der Waals surface area contributed by atoms with E-state index in [0.29, 0.717) is 0 Å². The smallest absolute Gasteiger partial charge is 0.230 e. The molecule has 2 aliphatic rings. The molecular formula is C10H5F4N. The molecule has 0 radical (unpaired) electrons. The Hall–Kier alpha value is -1.78. The first kappa shape index (κ1) is 9.76. The zero-order valence-corrected chi connectivity index (χ0v) is 7.32. The Kier molecular flexibility index (Phi) is 2.22. The highest BCUT2D eigenvalue weighted by Gasteiger charge is 2.28. The minimum absolute atomic E-state index is 0.255. The van der Waals surface area contributed by atoms with Gasteiger partial charge in [-0.15, -0.1) is 0 Å². The van der Waals surface area contributed by atoms with E-state index in [1.54, 1.807) is 12.2 Å². The van der Waals surface area contributed by atoms with Crippen LogP contribution in [0.1, 0.15) is 0 Å². The van der Waals surface area contributed by atoms with E-state index < -0.39 is 29.1 Å². The van der Waals surface area contributed by atoms with E-state index in [2.05, 4.69) is 0 Å². The van der Waals surface area contributed by atoms with Crippen molar-refractivity contribution in [3.8, 4) is 0 Å². The van der Waals surface area contributed by atoms with Gasteiger partial charge in [-0.3, -0.25) is 0 Å². The summed E-state index contributed by atoms with van der Waals surface area (Å²) in [6, 6.07) is 0. The molecule has 0 unspecified atom stereocenters. The van der Waals surface area contributed by atoms with Crippen molar-refractivity contribution in [3.63, 3.8) is 0 Å². The molecule has 1 aliphatic heterocycles. The maximum Gasteiger partial charge on any atom is 0.230 e. The maximum atomic E-state index is 13.2. The first-order valence-corrected chi connectivity index (χ1v) is 4.08. The Balaban J connectivity index is 2.54. The largest absolute Gasteiger partial charge is 0.326 e. The molecule has 15 heavy (non-hydrogen) atoms. The summed E-state index contributed by atoms with van der Waals surface area (Å²) in [7, 11) is 0. The van der Waals surface area contributed by atoms with Crippen LogP contribution in [-0.2, 0) is 0 Å². The lowest BCUT2D eigenvalue weighted by Gasteiger charge is -2.15. The highest BCUT2D eigenvalue weighted by Crippen LogP contribution is 2.33. The number of hydrogen-bond donors (Lipinski definition) is 1. The summed E-state index contributed by atoms with van der Waals surface area (Å²) in [5.41, 5.74) is -0.151. The van der Waals surface area contributed by atoms with Gasteiger partial charge in [-0.25, -0.2) is 8.78 Å². The summed E-state index contributed by atoms with van der Waals surface area (Å²) in [6.45, 7) is 0. The molecule has 0 aromatic carbocycles. The fourth-order valence-corrected chi connectivity index (χ4v) is 1.26. The topological polar surface area (TPSA) is 12.0 Å². The van der Waals surface area contributed by atoms with E-state index in [9.17, 15) is 17.6 Å². The van der Waals surface area contributed by atoms with Gasteiger partial charge in [0.1, 0.15) is 0 Å². The van der Waals surface area contributed by atoms with E-state index in [-0.39, 0.29) is 5.57 Å². The van der Waals surface area contributed by atoms with Gasteiger partial charge < -0.3 is 5.32 Å². The van der Waals surface area contributed by atoms with Crippen LogP contribution in [0.15, 0.2) is 59.0 Å². The third-order valence-electron chi connectivity index (χ3n) is 1.98. The Morgan fingerprint density at radius 2 is 1.40 bits per heavy atom. The Bertz CT molecular complexity index is 452. The van der Waals surface area contributed by atoms with Gasteiger partial charge in [0.2, 0.25) is 17.6 Å². The predicted octanol–water partition coefficient (Wildman–Crippen LogP) is 3.23. The average molecular weight is 215 g/mol. The van der Waals surface area contributed by atoms with Crippen molar-refractivity contribution < 1.29 is 17.6 Å². The summed E-state index contributed by atoms with van der Waals surface area (Å²) < 4.78 is 51.4. The molecule has 1 nitrogen and oxygen atoms in total. The quantitative estimate of drug-likeness (QED) is 0.483. The van der Waals surface area contributed by atoms with Crippen LogP contribution >= 0.6 is 0 Å². The van der Waals surface area contributed by atoms with Crippen molar-refractivity contribution in [2.75, 3.05) is 0 Å². The van der Waals surface area contributed by atoms with Gasteiger partial charge in [0.15, 0.2) is 5.83 Å². The van der Waals surface area contributed by atoms with Gasteiger partial charge in [-0.05, 0) is 0 Å². The number of halogens is 4. The molecule has 1 N–H and O–H groups in total. The van der Waals surface area contributed by atoms with Crippen molar-refractivity contribution in [2.45, 2.75) is 0 Å². The molecule has 0 fully saturated rings. The Labute approximate surface area is 82.8 Å². The normalized spacial score (nSPS) is 20.5. The molecule has 0 aromatic heterocycles. The van der Waals surface area contributed by atoms with Gasteiger partial charge in [0, 0.05) is 5.57 Å². The second-order valence-electron chi connectivity index (χ2n) is 2.93. The lowest BCUT2D eigenvalue weighted by molar-refractivity contribution is 0.424. The van der Waals surface area contributed by atoms with Crippen molar-refractivity contribution in [1.82, 2.24) is 5.32 Å². The molecule has 0 amide bonds. The van der Waals surface area contributed by atoms with Crippen LogP contribution in [0.4, 0.5) is 17.6 Å². The molecular weight excluding hydrogens is 210 g/mol. The number of rotatable bonds is 0. The fourth-order valence-electron chi connectivity index (χ4n) is 1.26. The summed E-state index contributed by atoms with van der Waals surface area (Å²) in [4.78, 5) is 0. The molecule has 0 spiro atoms. The van der Waals surface area contributed by atoms with Crippen LogP contribution in [-0.4, -0.2) is 0 Å². The third-order valence-corrected chi connectivity index (χ3v) is 1.98. The van der Waals surface area contributed by atoms with Gasteiger partial charge in [0.05, 0.1) is 5.70 Å². The molecule has 5 heteroatoms. The SMILES string of the molecule is FC1=C(F)C(F)=C(F)C(=C2C=CC=C2)N1. The highest BCUT2D eigenvalue weighted by molar-refractivity contribution is 5.52. The maximum absolute atomic E-state index is 13.2. The van der Waals surface area contributed by atoms with E-state index in [1.165, 1.54) is 12.2 Å². The van der Waals surface area contributed by atoms with E-state index in [1.807, 2.05) is 5.32 Å². The number of nitrogens with one attached hydrogen (secondary N) is 1. The number of dihydropyridines is 1. The number of hydrogen-bond acceptors (Lipinski definition) is 1. The third kappa shape index (κ3) is 1.49. The van der Waals surface area contributed by atoms with Crippen molar-refractivity contribution in [2.24, 2.45) is 0 Å². The molecule has 0 atom stereocenters. The highest BCUT2D eigenvalue weighted by atomic mass is 19.2. The molecule has 1 aliphatic carbocycles. The molecule has 2 rings (SSSR count). The molecule has 0 bridgehead atoms. The summed E-state index contributed by atoms with van der Waals surface area (Å²) in [5.74, 6) is -6.62. The monoisotopic (exact) mass is 215 g/mol. The Morgan fingerprint density at radius 3 is 2.00 bits per heavy atom. The minimum atomic E-state index is -1.84. The fraction of sp³-hybridized carbons (Fsp3) is 0. The predicted molar refractivity (Wildman–Crippen MR) is 46.9 cm³/mol. The van der Waals surface area contributed by atoms with Gasteiger partial charge >= 0.3 is 0 Å². The minimum Gasteiger partial charge on any atom is -0.326 e. The van der Waals surface area contributed by atoms with Crippen LogP contribution < -0.4 is 5.32 Å². The standard InChI is InChI=1S/C10H5F4N/c11-6-7(12)9(5-3-1-2-4-5)15-10(14)8(6)13/h1-4,15H. The van der Waals surface area contributed by atoms with Gasteiger partial charge in [-0.1, -0.05) is 24.3 Å². The van der Waals surface area contributed by atoms with Gasteiger partial charge in [0.25, 0.3) is 0 Å². The number of allylic oxidation sites excluding steroid dienone is 8. The van der Waals surface area contributed by atoms with Crippen molar-refractivity contribution >= 4 is 0 Å². The second kappa shape index (κ2) is 3.42. The zero-order chi connectivity index (χ0) is 11.0. The summed E-state index contributed by atoms with van der Waals surface area (Å²) in [5, 5.41) is 1.83. The molecule has 0 aromatic rings. The van der Waals surface area contributed by atoms with Crippen molar-refractivity contribution in [1.29, 1.82) is 0 Å². The first-order valence-electron chi connectivity index (χ1n) is 4.08. The van der Waals surface area contributed by atoms with E-state index in [4.69, 9.17) is 0 Å². The summed E-state index contributed by atoms with van der Waals surface area (Å²) in [6.07, 6.45) is 6.04. The Morgan fingerprint density at radius 1 is 0.800 bits per heavy atom. The lowest BCUT2D eigenvalue weighted by Crippen LogP contribution is -2.18. The van der Waals surface area contributed by atoms with Crippen LogP contribution in [0.5, 0.6) is 0 Å². The van der Waals surface area contributed by atoms with E-state index >= 15 is 0 Å². The zero-order valence-electron chi connectivity index (χ0n) is 7.32.